The summed E-state index contributed by atoms with van der Waals surface area (Å²) in [4.78, 5) is 10.7. The number of hydrogen-bond acceptors (Lipinski definition) is 3. The van der Waals surface area contributed by atoms with E-state index in [-0.39, 0.29) is 5.69 Å². The van der Waals surface area contributed by atoms with Gasteiger partial charge in [0.25, 0.3) is 5.69 Å². The van der Waals surface area contributed by atoms with Gasteiger partial charge in [-0.05, 0) is 24.6 Å². The molecule has 0 aliphatic rings. The number of non-ortho nitro benzene ring substituents is 1. The number of benzene rings is 2. The number of nitro benzene ring substituents is 1. The standard InChI is InChI=1S/C15H13Cl2NO3S/c1-10-2-8-13(9-3-10)22(21)15(17)14(16)11-4-6-12(7-5-11)18(19)20/h2-9,14-15H,1H3. The summed E-state index contributed by atoms with van der Waals surface area (Å²) in [6.07, 6.45) is 0. The molecule has 0 N–H and O–H groups in total. The third-order valence-electron chi connectivity index (χ3n) is 3.11. The van der Waals surface area contributed by atoms with E-state index in [9.17, 15) is 14.3 Å². The lowest BCUT2D eigenvalue weighted by molar-refractivity contribution is -0.384. The summed E-state index contributed by atoms with van der Waals surface area (Å²) < 4.78 is 11.6. The minimum absolute atomic E-state index is 0.0293. The molecular formula is C15H13Cl2NO3S. The van der Waals surface area contributed by atoms with Crippen LogP contribution < -0.4 is 0 Å². The summed E-state index contributed by atoms with van der Waals surface area (Å²) in [5.41, 5.74) is 1.62. The summed E-state index contributed by atoms with van der Waals surface area (Å²) in [6.45, 7) is 1.94. The first-order valence-corrected chi connectivity index (χ1v) is 8.48. The van der Waals surface area contributed by atoms with E-state index in [4.69, 9.17) is 23.2 Å². The van der Waals surface area contributed by atoms with Crippen molar-refractivity contribution in [3.63, 3.8) is 0 Å². The molecule has 22 heavy (non-hydrogen) atoms. The van der Waals surface area contributed by atoms with Crippen LogP contribution in [0.4, 0.5) is 5.69 Å². The average Bonchev–Trinajstić information content (AvgIpc) is 2.53. The second kappa shape index (κ2) is 7.22. The molecule has 0 saturated carbocycles. The third kappa shape index (κ3) is 3.85. The Balaban J connectivity index is 2.17. The molecule has 3 atom stereocenters. The molecular weight excluding hydrogens is 345 g/mol. The van der Waals surface area contributed by atoms with Crippen LogP contribution in [0.5, 0.6) is 0 Å². The zero-order valence-electron chi connectivity index (χ0n) is 11.6. The Morgan fingerprint density at radius 3 is 2.09 bits per heavy atom. The van der Waals surface area contributed by atoms with Crippen LogP contribution in [0.1, 0.15) is 16.5 Å². The van der Waals surface area contributed by atoms with E-state index >= 15 is 0 Å². The lowest BCUT2D eigenvalue weighted by atomic mass is 10.1. The summed E-state index contributed by atoms with van der Waals surface area (Å²) in [5, 5.41) is 9.92. The zero-order chi connectivity index (χ0) is 16.3. The Morgan fingerprint density at radius 1 is 1.05 bits per heavy atom. The molecule has 0 spiro atoms. The summed E-state index contributed by atoms with van der Waals surface area (Å²) >= 11 is 12.5. The van der Waals surface area contributed by atoms with Crippen LogP contribution in [-0.2, 0) is 10.8 Å². The highest BCUT2D eigenvalue weighted by molar-refractivity contribution is 7.87. The fourth-order valence-corrected chi connectivity index (χ4v) is 3.76. The van der Waals surface area contributed by atoms with Crippen LogP contribution >= 0.6 is 23.2 Å². The largest absolute Gasteiger partial charge is 0.269 e. The molecule has 3 unspecified atom stereocenters. The Morgan fingerprint density at radius 2 is 1.59 bits per heavy atom. The van der Waals surface area contributed by atoms with Crippen LogP contribution in [0.25, 0.3) is 0 Å². The Hall–Kier alpha value is -1.43. The van der Waals surface area contributed by atoms with E-state index < -0.39 is 25.8 Å². The quantitative estimate of drug-likeness (QED) is 0.447. The van der Waals surface area contributed by atoms with E-state index in [0.29, 0.717) is 10.5 Å². The number of alkyl halides is 2. The van der Waals surface area contributed by atoms with E-state index in [1.807, 2.05) is 19.1 Å². The minimum Gasteiger partial charge on any atom is -0.258 e. The molecule has 7 heteroatoms. The first kappa shape index (κ1) is 16.9. The topological polar surface area (TPSA) is 60.2 Å². The monoisotopic (exact) mass is 357 g/mol. The van der Waals surface area contributed by atoms with E-state index in [2.05, 4.69) is 0 Å². The van der Waals surface area contributed by atoms with Gasteiger partial charge in [-0.3, -0.25) is 14.3 Å². The van der Waals surface area contributed by atoms with E-state index in [0.717, 1.165) is 5.56 Å². The van der Waals surface area contributed by atoms with Crippen LogP contribution in [0.3, 0.4) is 0 Å². The van der Waals surface area contributed by atoms with Crippen molar-refractivity contribution in [3.8, 4) is 0 Å². The maximum atomic E-state index is 12.4. The Bertz CT molecular complexity index is 689. The SMILES string of the molecule is Cc1ccc(S(=O)C(Cl)C(Cl)c2ccc([N+](=O)[O-])cc2)cc1. The lowest BCUT2D eigenvalue weighted by Gasteiger charge is -2.16. The van der Waals surface area contributed by atoms with Gasteiger partial charge in [-0.2, -0.15) is 0 Å². The fraction of sp³-hybridized carbons (Fsp3) is 0.200. The maximum Gasteiger partial charge on any atom is 0.269 e. The van der Waals surface area contributed by atoms with Crippen LogP contribution in [0, 0.1) is 17.0 Å². The molecule has 0 aliphatic carbocycles. The van der Waals surface area contributed by atoms with Crippen molar-refractivity contribution in [1.29, 1.82) is 0 Å². The van der Waals surface area contributed by atoms with Gasteiger partial charge in [0.15, 0.2) is 0 Å². The Kier molecular flexibility index (Phi) is 5.56. The van der Waals surface area contributed by atoms with Gasteiger partial charge in [-0.15, -0.1) is 23.2 Å². The average molecular weight is 358 g/mol. The van der Waals surface area contributed by atoms with Crippen molar-refractivity contribution in [3.05, 3.63) is 69.8 Å². The minimum atomic E-state index is -1.48. The second-order valence-electron chi connectivity index (χ2n) is 4.71. The maximum absolute atomic E-state index is 12.4. The lowest BCUT2D eigenvalue weighted by Crippen LogP contribution is -2.14. The van der Waals surface area contributed by atoms with Crippen molar-refractivity contribution in [2.24, 2.45) is 0 Å². The number of nitro groups is 1. The van der Waals surface area contributed by atoms with Crippen molar-refractivity contribution < 1.29 is 9.13 Å². The number of rotatable bonds is 5. The third-order valence-corrected chi connectivity index (χ3v) is 6.05. The zero-order valence-corrected chi connectivity index (χ0v) is 13.9. The number of halogens is 2. The van der Waals surface area contributed by atoms with E-state index in [1.165, 1.54) is 24.3 Å². The van der Waals surface area contributed by atoms with Gasteiger partial charge in [-0.25, -0.2) is 0 Å². The van der Waals surface area contributed by atoms with Crippen LogP contribution in [-0.4, -0.2) is 13.8 Å². The fourth-order valence-electron chi connectivity index (χ4n) is 1.84. The number of aryl methyl sites for hydroxylation is 1. The second-order valence-corrected chi connectivity index (χ2v) is 7.49. The molecule has 2 rings (SSSR count). The molecule has 116 valence electrons. The van der Waals surface area contributed by atoms with Gasteiger partial charge >= 0.3 is 0 Å². The molecule has 0 saturated heterocycles. The molecule has 4 nitrogen and oxygen atoms in total. The van der Waals surface area contributed by atoms with E-state index in [1.54, 1.807) is 12.1 Å². The summed E-state index contributed by atoms with van der Waals surface area (Å²) in [5.74, 6) is 0. The summed E-state index contributed by atoms with van der Waals surface area (Å²) in [7, 11) is -1.48. The normalized spacial score (nSPS) is 15.0. The van der Waals surface area contributed by atoms with Crippen LogP contribution in [0.15, 0.2) is 53.4 Å². The molecule has 0 radical (unpaired) electrons. The van der Waals surface area contributed by atoms with Gasteiger partial charge in [-0.1, -0.05) is 29.8 Å². The highest BCUT2D eigenvalue weighted by Gasteiger charge is 2.26. The van der Waals surface area contributed by atoms with Gasteiger partial charge in [0.1, 0.15) is 4.71 Å². The predicted molar refractivity (Wildman–Crippen MR) is 88.9 cm³/mol. The first-order valence-electron chi connectivity index (χ1n) is 6.40. The van der Waals surface area contributed by atoms with Crippen molar-refractivity contribution in [1.82, 2.24) is 0 Å². The van der Waals surface area contributed by atoms with Crippen LogP contribution in [0.2, 0.25) is 0 Å². The molecule has 0 amide bonds. The molecule has 0 aromatic heterocycles. The van der Waals surface area contributed by atoms with Crippen molar-refractivity contribution in [2.45, 2.75) is 21.9 Å². The smallest absolute Gasteiger partial charge is 0.258 e. The van der Waals surface area contributed by atoms with Gasteiger partial charge in [0, 0.05) is 17.0 Å². The number of nitrogens with zero attached hydrogens (tertiary/aromatic N) is 1. The van der Waals surface area contributed by atoms with Crippen molar-refractivity contribution in [2.75, 3.05) is 0 Å². The van der Waals surface area contributed by atoms with Gasteiger partial charge in [0.05, 0.1) is 21.1 Å². The first-order chi connectivity index (χ1) is 10.4. The molecule has 2 aromatic rings. The van der Waals surface area contributed by atoms with Gasteiger partial charge in [0.2, 0.25) is 0 Å². The highest BCUT2D eigenvalue weighted by Crippen LogP contribution is 2.33. The predicted octanol–water partition coefficient (Wildman–Crippen LogP) is 4.56. The molecule has 0 aliphatic heterocycles. The number of hydrogen-bond donors (Lipinski definition) is 0. The molecule has 0 heterocycles. The Labute approximate surface area is 140 Å². The van der Waals surface area contributed by atoms with Crippen molar-refractivity contribution >= 4 is 39.7 Å². The molecule has 0 bridgehead atoms. The highest BCUT2D eigenvalue weighted by atomic mass is 35.5. The molecule has 0 fully saturated rings. The molecule has 2 aromatic carbocycles. The summed E-state index contributed by atoms with van der Waals surface area (Å²) in [6, 6.07) is 13.0. The van der Waals surface area contributed by atoms with Gasteiger partial charge < -0.3 is 0 Å².